The van der Waals surface area contributed by atoms with Gasteiger partial charge in [-0.15, -0.1) is 0 Å². The van der Waals surface area contributed by atoms with Gasteiger partial charge in [0.1, 0.15) is 5.69 Å². The molecule has 0 radical (unpaired) electrons. The van der Waals surface area contributed by atoms with Crippen molar-refractivity contribution in [1.29, 1.82) is 0 Å². The maximum Gasteiger partial charge on any atom is 0.292 e. The Hall–Kier alpha value is -2.37. The van der Waals surface area contributed by atoms with E-state index in [1.165, 1.54) is 0 Å². The van der Waals surface area contributed by atoms with Crippen LogP contribution in [0.4, 0.5) is 11.4 Å². The van der Waals surface area contributed by atoms with E-state index in [1.54, 1.807) is 23.0 Å². The Morgan fingerprint density at radius 2 is 2.25 bits per heavy atom. The maximum absolute atomic E-state index is 11.1. The van der Waals surface area contributed by atoms with Gasteiger partial charge in [-0.1, -0.05) is 13.0 Å². The van der Waals surface area contributed by atoms with Gasteiger partial charge in [0.25, 0.3) is 5.69 Å². The van der Waals surface area contributed by atoms with Gasteiger partial charge in [-0.2, -0.15) is 5.10 Å². The Morgan fingerprint density at radius 3 is 2.85 bits per heavy atom. The number of nitro groups is 1. The number of anilines is 1. The number of nitrogens with one attached hydrogen (secondary N) is 1. The van der Waals surface area contributed by atoms with Crippen molar-refractivity contribution >= 4 is 11.4 Å². The Kier molecular flexibility index (Phi) is 4.34. The molecule has 0 aliphatic heterocycles. The first kappa shape index (κ1) is 14.0. The summed E-state index contributed by atoms with van der Waals surface area (Å²) in [6, 6.07) is 5.26. The lowest BCUT2D eigenvalue weighted by molar-refractivity contribution is -0.384. The second-order valence-corrected chi connectivity index (χ2v) is 4.75. The molecular formula is C14H18N4O2. The van der Waals surface area contributed by atoms with E-state index in [0.29, 0.717) is 12.2 Å². The summed E-state index contributed by atoms with van der Waals surface area (Å²) in [5.41, 5.74) is 2.61. The minimum absolute atomic E-state index is 0.111. The Morgan fingerprint density at radius 1 is 1.45 bits per heavy atom. The van der Waals surface area contributed by atoms with E-state index in [9.17, 15) is 10.1 Å². The SMILES string of the molecule is CCCNc1ccc(Cn2cc(C)cn2)cc1[N+](=O)[O-]. The van der Waals surface area contributed by atoms with Crippen LogP contribution >= 0.6 is 0 Å². The summed E-state index contributed by atoms with van der Waals surface area (Å²) in [5, 5.41) is 18.4. The predicted molar refractivity (Wildman–Crippen MR) is 77.9 cm³/mol. The zero-order chi connectivity index (χ0) is 14.5. The standard InChI is InChI=1S/C14H18N4O2/c1-3-6-15-13-5-4-12(7-14(13)18(19)20)10-17-9-11(2)8-16-17/h4-5,7-9,15H,3,6,10H2,1-2H3. The van der Waals surface area contributed by atoms with E-state index in [0.717, 1.165) is 24.1 Å². The van der Waals surface area contributed by atoms with Crippen LogP contribution in [0.5, 0.6) is 0 Å². The number of hydrogen-bond donors (Lipinski definition) is 1. The quantitative estimate of drug-likeness (QED) is 0.649. The van der Waals surface area contributed by atoms with Gasteiger partial charge < -0.3 is 5.32 Å². The molecule has 0 aliphatic carbocycles. The van der Waals surface area contributed by atoms with Gasteiger partial charge in [-0.05, 0) is 30.5 Å². The summed E-state index contributed by atoms with van der Waals surface area (Å²) in [5.74, 6) is 0. The molecule has 1 N–H and O–H groups in total. The average molecular weight is 274 g/mol. The van der Waals surface area contributed by atoms with Crippen molar-refractivity contribution < 1.29 is 4.92 Å². The number of benzene rings is 1. The van der Waals surface area contributed by atoms with E-state index in [1.807, 2.05) is 26.1 Å². The second kappa shape index (κ2) is 6.18. The van der Waals surface area contributed by atoms with E-state index in [4.69, 9.17) is 0 Å². The van der Waals surface area contributed by atoms with Crippen LogP contribution in [0.25, 0.3) is 0 Å². The number of rotatable bonds is 6. The van der Waals surface area contributed by atoms with Crippen molar-refractivity contribution in [3.8, 4) is 0 Å². The zero-order valence-electron chi connectivity index (χ0n) is 11.7. The molecule has 1 aromatic heterocycles. The van der Waals surface area contributed by atoms with E-state index < -0.39 is 0 Å². The van der Waals surface area contributed by atoms with Gasteiger partial charge in [-0.3, -0.25) is 14.8 Å². The van der Waals surface area contributed by atoms with Crippen molar-refractivity contribution in [2.75, 3.05) is 11.9 Å². The zero-order valence-corrected chi connectivity index (χ0v) is 11.7. The molecule has 0 fully saturated rings. The van der Waals surface area contributed by atoms with Gasteiger partial charge in [-0.25, -0.2) is 0 Å². The first-order chi connectivity index (χ1) is 9.60. The molecule has 2 aromatic rings. The smallest absolute Gasteiger partial charge is 0.292 e. The van der Waals surface area contributed by atoms with Crippen LogP contribution in [0.2, 0.25) is 0 Å². The van der Waals surface area contributed by atoms with Crippen LogP contribution in [0.3, 0.4) is 0 Å². The molecule has 6 heteroatoms. The maximum atomic E-state index is 11.1. The molecule has 0 aliphatic rings. The Balaban J connectivity index is 2.22. The highest BCUT2D eigenvalue weighted by atomic mass is 16.6. The Bertz CT molecular complexity index is 607. The number of aromatic nitrogens is 2. The van der Waals surface area contributed by atoms with Crippen LogP contribution in [0.15, 0.2) is 30.6 Å². The molecule has 6 nitrogen and oxygen atoms in total. The monoisotopic (exact) mass is 274 g/mol. The van der Waals surface area contributed by atoms with Crippen LogP contribution in [0.1, 0.15) is 24.5 Å². The first-order valence-electron chi connectivity index (χ1n) is 6.60. The van der Waals surface area contributed by atoms with Gasteiger partial charge in [0.05, 0.1) is 17.7 Å². The number of nitro benzene ring substituents is 1. The highest BCUT2D eigenvalue weighted by Crippen LogP contribution is 2.25. The minimum Gasteiger partial charge on any atom is -0.380 e. The van der Waals surface area contributed by atoms with Crippen molar-refractivity contribution in [1.82, 2.24) is 9.78 Å². The summed E-state index contributed by atoms with van der Waals surface area (Å²) in [4.78, 5) is 10.8. The lowest BCUT2D eigenvalue weighted by atomic mass is 10.1. The molecule has 1 aromatic carbocycles. The lowest BCUT2D eigenvalue weighted by Crippen LogP contribution is -2.05. The van der Waals surface area contributed by atoms with Crippen molar-refractivity contribution in [3.63, 3.8) is 0 Å². The predicted octanol–water partition coefficient (Wildman–Crippen LogP) is 2.97. The second-order valence-electron chi connectivity index (χ2n) is 4.75. The lowest BCUT2D eigenvalue weighted by Gasteiger charge is -2.08. The highest BCUT2D eigenvalue weighted by molar-refractivity contribution is 5.62. The molecule has 0 saturated heterocycles. The van der Waals surface area contributed by atoms with Gasteiger partial charge in [0.15, 0.2) is 0 Å². The van der Waals surface area contributed by atoms with E-state index in [-0.39, 0.29) is 10.6 Å². The summed E-state index contributed by atoms with van der Waals surface area (Å²) in [7, 11) is 0. The fraction of sp³-hybridized carbons (Fsp3) is 0.357. The van der Waals surface area contributed by atoms with Crippen LogP contribution < -0.4 is 5.32 Å². The van der Waals surface area contributed by atoms with Gasteiger partial charge in [0.2, 0.25) is 0 Å². The molecule has 0 spiro atoms. The molecule has 0 bridgehead atoms. The van der Waals surface area contributed by atoms with Crippen LogP contribution in [-0.2, 0) is 6.54 Å². The summed E-state index contributed by atoms with van der Waals surface area (Å²) in [6.45, 7) is 5.23. The largest absolute Gasteiger partial charge is 0.380 e. The number of nitrogens with zero attached hydrogens (tertiary/aromatic N) is 3. The molecule has 0 saturated carbocycles. The molecule has 106 valence electrons. The van der Waals surface area contributed by atoms with Crippen molar-refractivity contribution in [2.24, 2.45) is 0 Å². The number of aryl methyl sites for hydroxylation is 1. The summed E-state index contributed by atoms with van der Waals surface area (Å²) >= 11 is 0. The van der Waals surface area contributed by atoms with Crippen molar-refractivity contribution in [3.05, 3.63) is 51.8 Å². The Labute approximate surface area is 117 Å². The van der Waals surface area contributed by atoms with E-state index in [2.05, 4.69) is 10.4 Å². The first-order valence-corrected chi connectivity index (χ1v) is 6.60. The van der Waals surface area contributed by atoms with Crippen molar-refractivity contribution in [2.45, 2.75) is 26.8 Å². The van der Waals surface area contributed by atoms with Crippen LogP contribution in [0, 0.1) is 17.0 Å². The van der Waals surface area contributed by atoms with Crippen LogP contribution in [-0.4, -0.2) is 21.2 Å². The normalized spacial score (nSPS) is 10.5. The molecule has 1 heterocycles. The fourth-order valence-corrected chi connectivity index (χ4v) is 1.98. The molecule has 2 rings (SSSR count). The third-order valence-electron chi connectivity index (χ3n) is 2.93. The molecule has 0 unspecified atom stereocenters. The minimum atomic E-state index is -0.351. The third-order valence-corrected chi connectivity index (χ3v) is 2.93. The molecular weight excluding hydrogens is 256 g/mol. The molecule has 20 heavy (non-hydrogen) atoms. The van der Waals surface area contributed by atoms with E-state index >= 15 is 0 Å². The third kappa shape index (κ3) is 3.34. The van der Waals surface area contributed by atoms with Gasteiger partial charge >= 0.3 is 0 Å². The summed E-state index contributed by atoms with van der Waals surface area (Å²) < 4.78 is 1.77. The topological polar surface area (TPSA) is 73.0 Å². The number of hydrogen-bond acceptors (Lipinski definition) is 4. The molecule has 0 atom stereocenters. The highest BCUT2D eigenvalue weighted by Gasteiger charge is 2.14. The fourth-order valence-electron chi connectivity index (χ4n) is 1.98. The average Bonchev–Trinajstić information content (AvgIpc) is 2.82. The van der Waals surface area contributed by atoms with Gasteiger partial charge in [0, 0.05) is 18.8 Å². The summed E-state index contributed by atoms with van der Waals surface area (Å²) in [6.07, 6.45) is 4.60. The molecule has 0 amide bonds.